The van der Waals surface area contributed by atoms with Crippen LogP contribution in [0.1, 0.15) is 53.3 Å². The summed E-state index contributed by atoms with van der Waals surface area (Å²) >= 11 is 0. The molecule has 0 unspecified atom stereocenters. The van der Waals surface area contributed by atoms with Crippen molar-refractivity contribution in [1.82, 2.24) is 19.9 Å². The van der Waals surface area contributed by atoms with E-state index in [0.29, 0.717) is 33.5 Å². The highest BCUT2D eigenvalue weighted by atomic mass is 16.6. The molecule has 8 rings (SSSR count). The number of carbonyl (C=O) groups is 2. The second kappa shape index (κ2) is 16.8. The summed E-state index contributed by atoms with van der Waals surface area (Å²) in [6.07, 6.45) is 9.49. The highest BCUT2D eigenvalue weighted by molar-refractivity contribution is 6.18. The first-order valence-electron chi connectivity index (χ1n) is 19.4. The van der Waals surface area contributed by atoms with E-state index in [1.165, 1.54) is 6.08 Å². The predicted octanol–water partition coefficient (Wildman–Crippen LogP) is 9.96. The third kappa shape index (κ3) is 7.98. The number of anilines is 1. The first kappa shape index (κ1) is 38.2. The van der Waals surface area contributed by atoms with Crippen LogP contribution >= 0.6 is 0 Å². The lowest BCUT2D eigenvalue weighted by molar-refractivity contribution is -0.146. The third-order valence-electron chi connectivity index (χ3n) is 9.92. The van der Waals surface area contributed by atoms with Gasteiger partial charge in [0, 0.05) is 64.1 Å². The predicted molar refractivity (Wildman–Crippen MR) is 238 cm³/mol. The molecule has 0 saturated heterocycles. The lowest BCUT2D eigenvalue weighted by atomic mass is 10.0. The number of H-pyrrole nitrogens is 2. The summed E-state index contributed by atoms with van der Waals surface area (Å²) in [4.78, 5) is 46.4. The molecule has 0 amide bonds. The molecule has 0 spiro atoms. The van der Waals surface area contributed by atoms with Crippen molar-refractivity contribution in [3.63, 3.8) is 0 Å². The van der Waals surface area contributed by atoms with Crippen LogP contribution in [0.4, 0.5) is 5.69 Å². The van der Waals surface area contributed by atoms with Crippen LogP contribution in [0.3, 0.4) is 0 Å². The normalized spacial score (nSPS) is 11.4. The number of fused-ring (bicyclic) bond motifs is 8. The maximum atomic E-state index is 13.3. The highest BCUT2D eigenvalue weighted by Crippen LogP contribution is 2.34. The second-order valence-electron chi connectivity index (χ2n) is 14.0. The van der Waals surface area contributed by atoms with Crippen molar-refractivity contribution in [1.29, 1.82) is 0 Å². The molecule has 2 aliphatic heterocycles. The molecule has 9 nitrogen and oxygen atoms in total. The van der Waals surface area contributed by atoms with Crippen molar-refractivity contribution in [2.45, 2.75) is 13.8 Å². The maximum Gasteiger partial charge on any atom is 0.345 e. The van der Waals surface area contributed by atoms with E-state index >= 15 is 0 Å². The lowest BCUT2D eigenvalue weighted by Crippen LogP contribution is -2.18. The van der Waals surface area contributed by atoms with Crippen LogP contribution in [0.2, 0.25) is 0 Å². The molecule has 9 heteroatoms. The van der Waals surface area contributed by atoms with Gasteiger partial charge in [-0.15, -0.1) is 0 Å². The number of hydrogen-bond donors (Lipinski definition) is 2. The zero-order valence-corrected chi connectivity index (χ0v) is 33.2. The van der Waals surface area contributed by atoms with Gasteiger partial charge in [0.2, 0.25) is 0 Å². The lowest BCUT2D eigenvalue weighted by Gasteiger charge is -2.11. The zero-order valence-electron chi connectivity index (χ0n) is 33.2. The smallest absolute Gasteiger partial charge is 0.345 e. The van der Waals surface area contributed by atoms with Gasteiger partial charge in [0.15, 0.2) is 0 Å². The van der Waals surface area contributed by atoms with Crippen LogP contribution < -0.4 is 4.90 Å². The van der Waals surface area contributed by atoms with E-state index in [-0.39, 0.29) is 18.8 Å². The van der Waals surface area contributed by atoms with Gasteiger partial charge in [0.05, 0.1) is 41.6 Å². The van der Waals surface area contributed by atoms with E-state index in [1.54, 1.807) is 13.8 Å². The first-order valence-corrected chi connectivity index (χ1v) is 19.4. The Balaban J connectivity index is 1.50. The van der Waals surface area contributed by atoms with Gasteiger partial charge in [-0.1, -0.05) is 72.5 Å². The molecule has 8 bridgehead atoms. The number of aromatic nitrogens is 4. The Kier molecular flexibility index (Phi) is 10.9. The van der Waals surface area contributed by atoms with Gasteiger partial charge < -0.3 is 24.3 Å². The van der Waals surface area contributed by atoms with Crippen LogP contribution in [-0.2, 0) is 19.1 Å². The second-order valence-corrected chi connectivity index (χ2v) is 14.0. The van der Waals surface area contributed by atoms with Gasteiger partial charge in [-0.05, 0) is 104 Å². The number of hydrogen-bond acceptors (Lipinski definition) is 7. The fourth-order valence-corrected chi connectivity index (χ4v) is 7.07. The number of esters is 2. The van der Waals surface area contributed by atoms with Crippen molar-refractivity contribution in [2.75, 3.05) is 32.2 Å². The molecule has 3 aromatic heterocycles. The van der Waals surface area contributed by atoms with Crippen LogP contribution in [0, 0.1) is 11.8 Å². The number of benzene rings is 3. The molecule has 2 aliphatic rings. The summed E-state index contributed by atoms with van der Waals surface area (Å²) in [5.74, 6) is 5.29. The van der Waals surface area contributed by atoms with E-state index in [1.807, 2.05) is 135 Å². The van der Waals surface area contributed by atoms with E-state index in [0.717, 1.165) is 55.9 Å². The average Bonchev–Trinajstić information content (AvgIpc) is 4.10. The van der Waals surface area contributed by atoms with Gasteiger partial charge >= 0.3 is 11.9 Å². The van der Waals surface area contributed by atoms with Crippen molar-refractivity contribution >= 4 is 70.1 Å². The van der Waals surface area contributed by atoms with E-state index in [4.69, 9.17) is 19.4 Å². The Hall–Kier alpha value is -7.70. The molecule has 0 atom stereocenters. The first-order chi connectivity index (χ1) is 28.8. The third-order valence-corrected chi connectivity index (χ3v) is 9.92. The molecular formula is C50H41N5O4. The molecule has 2 N–H and O–H groups in total. The van der Waals surface area contributed by atoms with Crippen molar-refractivity contribution in [3.8, 4) is 34.1 Å². The Morgan fingerprint density at radius 2 is 1.05 bits per heavy atom. The number of ether oxygens (including phenoxy) is 2. The molecule has 290 valence electrons. The minimum atomic E-state index is -0.778. The molecule has 5 heterocycles. The van der Waals surface area contributed by atoms with E-state index in [2.05, 4.69) is 38.8 Å². The SMILES string of the molecule is CCOC(=O)C(=Cc1c2ccc([nH]2)c(-c2ccccc2)c2nc(c(C#Cc3ccc(N(C)C)cc3)c3nc(c(-c4ccccc4)c4ccc1[nH]4)C=C3)C=C2)C(=O)OCC. The Bertz CT molecular complexity index is 2750. The largest absolute Gasteiger partial charge is 0.462 e. The summed E-state index contributed by atoms with van der Waals surface area (Å²) in [5, 5.41) is 0. The minimum Gasteiger partial charge on any atom is -0.462 e. The Morgan fingerprint density at radius 1 is 0.593 bits per heavy atom. The van der Waals surface area contributed by atoms with E-state index < -0.39 is 11.9 Å². The zero-order chi connectivity index (χ0) is 40.9. The highest BCUT2D eigenvalue weighted by Gasteiger charge is 2.23. The maximum absolute atomic E-state index is 13.3. The average molecular weight is 776 g/mol. The monoisotopic (exact) mass is 775 g/mol. The summed E-state index contributed by atoms with van der Waals surface area (Å²) in [6, 6.07) is 36.0. The molecule has 0 radical (unpaired) electrons. The van der Waals surface area contributed by atoms with Crippen LogP contribution in [0.15, 0.2) is 115 Å². The number of aromatic amines is 2. The van der Waals surface area contributed by atoms with Gasteiger partial charge in [-0.3, -0.25) is 0 Å². The fourth-order valence-electron chi connectivity index (χ4n) is 7.07. The van der Waals surface area contributed by atoms with Crippen molar-refractivity contribution in [2.24, 2.45) is 0 Å². The van der Waals surface area contributed by atoms with Crippen molar-refractivity contribution < 1.29 is 19.1 Å². The van der Waals surface area contributed by atoms with Crippen molar-refractivity contribution in [3.05, 3.63) is 154 Å². The van der Waals surface area contributed by atoms with Crippen LogP contribution in [-0.4, -0.2) is 59.2 Å². The summed E-state index contributed by atoms with van der Waals surface area (Å²) in [7, 11) is 4.02. The number of rotatable bonds is 8. The van der Waals surface area contributed by atoms with Crippen LogP contribution in [0.5, 0.6) is 0 Å². The molecule has 59 heavy (non-hydrogen) atoms. The van der Waals surface area contributed by atoms with Gasteiger partial charge in [-0.25, -0.2) is 19.6 Å². The number of nitrogens with one attached hydrogen (secondary N) is 2. The molecule has 3 aromatic carbocycles. The minimum absolute atomic E-state index is 0.0901. The standard InChI is InChI=1S/C50H41N5O4/c1-5-58-49(56)38(50(57)59-6-2)31-37-41-25-29-45(53-41)47(33-13-9-7-10-14-33)43-27-23-39(51-43)36(22-19-32-17-20-35(21-18-32)55(3)4)40-24-28-44(52-40)48(34-15-11-8-12-16-34)46-30-26-42(37)54-46/h7-18,20-21,23-31,53-54H,5-6H2,1-4H3. The molecule has 0 aliphatic carbocycles. The molecule has 0 saturated carbocycles. The number of nitrogens with zero attached hydrogens (tertiary/aromatic N) is 3. The fraction of sp³-hybridized carbons (Fsp3) is 0.120. The van der Waals surface area contributed by atoms with E-state index in [9.17, 15) is 9.59 Å². The van der Waals surface area contributed by atoms with Gasteiger partial charge in [-0.2, -0.15) is 0 Å². The summed E-state index contributed by atoms with van der Waals surface area (Å²) in [5.41, 5.74) is 12.2. The Morgan fingerprint density at radius 3 is 1.51 bits per heavy atom. The summed E-state index contributed by atoms with van der Waals surface area (Å²) in [6.45, 7) is 3.57. The molecule has 0 fully saturated rings. The van der Waals surface area contributed by atoms with Gasteiger partial charge in [0.1, 0.15) is 5.57 Å². The molecule has 6 aromatic rings. The number of carbonyl (C=O) groups excluding carboxylic acids is 2. The topological polar surface area (TPSA) is 113 Å². The Labute approximate surface area is 342 Å². The quantitative estimate of drug-likeness (QED) is 0.0520. The molecular weight excluding hydrogens is 735 g/mol. The van der Waals surface area contributed by atoms with Gasteiger partial charge in [0.25, 0.3) is 0 Å². The van der Waals surface area contributed by atoms with Crippen LogP contribution in [0.25, 0.3) is 74.7 Å². The summed E-state index contributed by atoms with van der Waals surface area (Å²) < 4.78 is 10.7.